The molecule has 2 aromatic carbocycles. The van der Waals surface area contributed by atoms with Crippen LogP contribution in [0.25, 0.3) is 11.1 Å². The standard InChI is InChI=1S/C21H27O2P/c1-14-10-8-12-16(22-7)18(14)15-11-9-13-17-19(15)24(20(2,3)4)21(5,6)23-17/h8-13H,1-7H3/t24-/m1/s1. The largest absolute Gasteiger partial charge is 0.496 e. The Balaban J connectivity index is 2.32. The lowest BCUT2D eigenvalue weighted by molar-refractivity contribution is 0.210. The van der Waals surface area contributed by atoms with Gasteiger partial charge < -0.3 is 9.47 Å². The van der Waals surface area contributed by atoms with Gasteiger partial charge in [0, 0.05) is 10.9 Å². The minimum atomic E-state index is -0.497. The topological polar surface area (TPSA) is 18.5 Å². The highest BCUT2D eigenvalue weighted by Crippen LogP contribution is 2.65. The van der Waals surface area contributed by atoms with Crippen LogP contribution in [0, 0.1) is 6.92 Å². The first-order valence-electron chi connectivity index (χ1n) is 8.43. The Morgan fingerprint density at radius 3 is 2.33 bits per heavy atom. The summed E-state index contributed by atoms with van der Waals surface area (Å²) >= 11 is 0. The molecule has 0 aromatic heterocycles. The maximum absolute atomic E-state index is 6.40. The van der Waals surface area contributed by atoms with Crippen molar-refractivity contribution in [2.24, 2.45) is 0 Å². The third kappa shape index (κ3) is 2.71. The zero-order valence-electron chi connectivity index (χ0n) is 15.7. The van der Waals surface area contributed by atoms with Crippen molar-refractivity contribution in [3.05, 3.63) is 42.0 Å². The van der Waals surface area contributed by atoms with Crippen molar-refractivity contribution >= 4 is 13.2 Å². The van der Waals surface area contributed by atoms with Gasteiger partial charge in [0.25, 0.3) is 0 Å². The maximum Gasteiger partial charge on any atom is 0.129 e. The number of fused-ring (bicyclic) bond motifs is 1. The maximum atomic E-state index is 6.40. The van der Waals surface area contributed by atoms with Crippen LogP contribution >= 0.6 is 7.92 Å². The fraction of sp³-hybridized carbons (Fsp3) is 0.429. The van der Waals surface area contributed by atoms with Crippen LogP contribution < -0.4 is 14.8 Å². The summed E-state index contributed by atoms with van der Waals surface area (Å²) < 4.78 is 12.1. The van der Waals surface area contributed by atoms with E-state index in [1.54, 1.807) is 7.11 Å². The van der Waals surface area contributed by atoms with E-state index >= 15 is 0 Å². The van der Waals surface area contributed by atoms with Gasteiger partial charge in [-0.25, -0.2) is 0 Å². The summed E-state index contributed by atoms with van der Waals surface area (Å²) in [5, 5.41) is 1.37. The van der Waals surface area contributed by atoms with Crippen molar-refractivity contribution < 1.29 is 9.47 Å². The van der Waals surface area contributed by atoms with Crippen molar-refractivity contribution in [3.63, 3.8) is 0 Å². The summed E-state index contributed by atoms with van der Waals surface area (Å²) in [6.45, 7) is 13.6. The van der Waals surface area contributed by atoms with E-state index in [0.29, 0.717) is 0 Å². The zero-order valence-corrected chi connectivity index (χ0v) is 16.6. The Hall–Kier alpha value is -1.53. The van der Waals surface area contributed by atoms with Crippen molar-refractivity contribution in [1.82, 2.24) is 0 Å². The van der Waals surface area contributed by atoms with Gasteiger partial charge in [0.1, 0.15) is 16.8 Å². The molecule has 128 valence electrons. The molecule has 0 unspecified atom stereocenters. The van der Waals surface area contributed by atoms with Gasteiger partial charge >= 0.3 is 0 Å². The molecule has 0 spiro atoms. The van der Waals surface area contributed by atoms with Gasteiger partial charge in [0.05, 0.1) is 7.11 Å². The Morgan fingerprint density at radius 2 is 1.71 bits per heavy atom. The molecule has 1 heterocycles. The minimum Gasteiger partial charge on any atom is -0.496 e. The Labute approximate surface area is 146 Å². The lowest BCUT2D eigenvalue weighted by Gasteiger charge is -2.37. The second-order valence-electron chi connectivity index (χ2n) is 7.86. The molecule has 0 radical (unpaired) electrons. The van der Waals surface area contributed by atoms with E-state index in [2.05, 4.69) is 65.8 Å². The summed E-state index contributed by atoms with van der Waals surface area (Å²) in [6.07, 6.45) is 0. The lowest BCUT2D eigenvalue weighted by Crippen LogP contribution is -2.31. The van der Waals surface area contributed by atoms with Gasteiger partial charge in [-0.3, -0.25) is 0 Å². The third-order valence-electron chi connectivity index (χ3n) is 4.52. The predicted octanol–water partition coefficient (Wildman–Crippen LogP) is 5.70. The first kappa shape index (κ1) is 17.3. The van der Waals surface area contributed by atoms with Gasteiger partial charge in [0.15, 0.2) is 0 Å². The highest BCUT2D eigenvalue weighted by Gasteiger charge is 2.48. The van der Waals surface area contributed by atoms with Crippen LogP contribution in [0.15, 0.2) is 36.4 Å². The zero-order chi connectivity index (χ0) is 17.7. The van der Waals surface area contributed by atoms with E-state index < -0.39 is 7.92 Å². The Kier molecular flexibility index (Phi) is 4.16. The van der Waals surface area contributed by atoms with Crippen molar-refractivity contribution in [2.45, 2.75) is 52.0 Å². The van der Waals surface area contributed by atoms with Gasteiger partial charge in [-0.15, -0.1) is 0 Å². The molecule has 0 saturated carbocycles. The van der Waals surface area contributed by atoms with Gasteiger partial charge in [-0.2, -0.15) is 0 Å². The number of benzene rings is 2. The molecule has 0 saturated heterocycles. The van der Waals surface area contributed by atoms with E-state index in [1.165, 1.54) is 22.0 Å². The number of hydrogen-bond acceptors (Lipinski definition) is 2. The lowest BCUT2D eigenvalue weighted by atomic mass is 9.99. The third-order valence-corrected chi connectivity index (χ3v) is 7.93. The molecule has 0 bridgehead atoms. The first-order chi connectivity index (χ1) is 11.2. The molecule has 24 heavy (non-hydrogen) atoms. The van der Waals surface area contributed by atoms with Crippen molar-refractivity contribution in [2.75, 3.05) is 7.11 Å². The Morgan fingerprint density at radius 1 is 1.04 bits per heavy atom. The SMILES string of the molecule is COc1cccc(C)c1-c1cccc2c1[P@](C(C)(C)C)C(C)(C)O2. The minimum absolute atomic E-state index is 0.163. The van der Waals surface area contributed by atoms with Crippen LogP contribution in [0.5, 0.6) is 11.5 Å². The summed E-state index contributed by atoms with van der Waals surface area (Å²) in [6, 6.07) is 12.7. The molecule has 2 nitrogen and oxygen atoms in total. The van der Waals surface area contributed by atoms with E-state index in [0.717, 1.165) is 11.5 Å². The van der Waals surface area contributed by atoms with Crippen LogP contribution in [-0.2, 0) is 0 Å². The second-order valence-corrected chi connectivity index (χ2v) is 11.4. The molecule has 2 aromatic rings. The number of ether oxygens (including phenoxy) is 2. The van der Waals surface area contributed by atoms with Crippen LogP contribution in [0.4, 0.5) is 0 Å². The molecule has 1 atom stereocenters. The van der Waals surface area contributed by atoms with Crippen LogP contribution in [0.2, 0.25) is 0 Å². The monoisotopic (exact) mass is 342 g/mol. The summed E-state index contributed by atoms with van der Waals surface area (Å²) in [7, 11) is 1.25. The molecular weight excluding hydrogens is 315 g/mol. The summed E-state index contributed by atoms with van der Waals surface area (Å²) in [4.78, 5) is 0. The molecule has 1 aliphatic rings. The summed E-state index contributed by atoms with van der Waals surface area (Å²) in [5.41, 5.74) is 3.68. The number of methoxy groups -OCH3 is 1. The van der Waals surface area contributed by atoms with Crippen LogP contribution in [-0.4, -0.2) is 17.6 Å². The first-order valence-corrected chi connectivity index (χ1v) is 9.77. The molecule has 0 amide bonds. The average Bonchev–Trinajstić information content (AvgIpc) is 2.76. The average molecular weight is 342 g/mol. The smallest absolute Gasteiger partial charge is 0.129 e. The quantitative estimate of drug-likeness (QED) is 0.651. The molecule has 3 heteroatoms. The molecule has 1 aliphatic heterocycles. The fourth-order valence-corrected chi connectivity index (χ4v) is 7.70. The highest BCUT2D eigenvalue weighted by atomic mass is 31.1. The normalized spacial score (nSPS) is 18.9. The van der Waals surface area contributed by atoms with E-state index in [1.807, 2.05) is 12.1 Å². The van der Waals surface area contributed by atoms with Crippen molar-refractivity contribution in [3.8, 4) is 22.6 Å². The number of aryl methyl sites for hydroxylation is 1. The molecule has 0 fully saturated rings. The second kappa shape index (κ2) is 5.77. The fourth-order valence-electron chi connectivity index (χ4n) is 3.92. The molecule has 0 aliphatic carbocycles. The molecule has 3 rings (SSSR count). The Bertz CT molecular complexity index is 772. The number of rotatable bonds is 2. The van der Waals surface area contributed by atoms with Crippen LogP contribution in [0.1, 0.15) is 40.2 Å². The van der Waals surface area contributed by atoms with E-state index in [4.69, 9.17) is 9.47 Å². The number of hydrogen-bond donors (Lipinski definition) is 0. The predicted molar refractivity (Wildman–Crippen MR) is 104 cm³/mol. The van der Waals surface area contributed by atoms with Crippen molar-refractivity contribution in [1.29, 1.82) is 0 Å². The van der Waals surface area contributed by atoms with Gasteiger partial charge in [0.2, 0.25) is 0 Å². The van der Waals surface area contributed by atoms with Gasteiger partial charge in [-0.1, -0.05) is 45.0 Å². The molecular formula is C21H27O2P. The van der Waals surface area contributed by atoms with E-state index in [9.17, 15) is 0 Å². The highest BCUT2D eigenvalue weighted by molar-refractivity contribution is 7.69. The van der Waals surface area contributed by atoms with Crippen LogP contribution in [0.3, 0.4) is 0 Å². The van der Waals surface area contributed by atoms with Gasteiger partial charge in [-0.05, 0) is 57.1 Å². The summed E-state index contributed by atoms with van der Waals surface area (Å²) in [5.74, 6) is 1.96. The molecule has 0 N–H and O–H groups in total. The van der Waals surface area contributed by atoms with E-state index in [-0.39, 0.29) is 10.5 Å².